The number of ether oxygens (including phenoxy) is 1. The van der Waals surface area contributed by atoms with Crippen LogP contribution in [0.25, 0.3) is 0 Å². The van der Waals surface area contributed by atoms with E-state index < -0.39 is 5.91 Å². The van der Waals surface area contributed by atoms with Gasteiger partial charge in [-0.25, -0.2) is 0 Å². The molecule has 0 spiro atoms. The molecule has 0 radical (unpaired) electrons. The number of piperidine rings is 1. The molecule has 1 aromatic carbocycles. The van der Waals surface area contributed by atoms with Gasteiger partial charge in [-0.1, -0.05) is 12.1 Å². The van der Waals surface area contributed by atoms with Gasteiger partial charge in [0.1, 0.15) is 5.75 Å². The molecule has 0 unspecified atom stereocenters. The Kier molecular flexibility index (Phi) is 4.83. The van der Waals surface area contributed by atoms with Crippen molar-refractivity contribution < 1.29 is 14.3 Å². The van der Waals surface area contributed by atoms with Crippen molar-refractivity contribution in [2.45, 2.75) is 45.2 Å². The van der Waals surface area contributed by atoms with Crippen LogP contribution in [-0.2, 0) is 4.79 Å². The van der Waals surface area contributed by atoms with Gasteiger partial charge in [-0.3, -0.25) is 9.59 Å². The van der Waals surface area contributed by atoms with E-state index in [0.29, 0.717) is 11.3 Å². The lowest BCUT2D eigenvalue weighted by atomic mass is 9.97. The van der Waals surface area contributed by atoms with Crippen molar-refractivity contribution in [3.8, 4) is 5.75 Å². The summed E-state index contributed by atoms with van der Waals surface area (Å²) in [5, 5.41) is 0. The number of hydrogen-bond donors (Lipinski definition) is 1. The number of carbonyl (C=O) groups excluding carboxylic acids is 2. The summed E-state index contributed by atoms with van der Waals surface area (Å²) in [6, 6.07) is 7.17. The number of nitrogens with zero attached hydrogens (tertiary/aromatic N) is 1. The third-order valence-corrected chi connectivity index (χ3v) is 3.99. The van der Waals surface area contributed by atoms with Crippen molar-refractivity contribution in [3.63, 3.8) is 0 Å². The highest BCUT2D eigenvalue weighted by molar-refractivity contribution is 5.95. The molecule has 2 rings (SSSR count). The maximum absolute atomic E-state index is 12.4. The van der Waals surface area contributed by atoms with Crippen molar-refractivity contribution in [1.82, 2.24) is 4.90 Å². The van der Waals surface area contributed by atoms with Gasteiger partial charge in [0.15, 0.2) is 6.61 Å². The van der Waals surface area contributed by atoms with Crippen LogP contribution in [0.2, 0.25) is 0 Å². The molecule has 0 aliphatic carbocycles. The fourth-order valence-corrected chi connectivity index (χ4v) is 2.92. The Balaban J connectivity index is 2.02. The molecule has 2 amide bonds. The second-order valence-electron chi connectivity index (χ2n) is 5.58. The number of rotatable bonds is 4. The summed E-state index contributed by atoms with van der Waals surface area (Å²) in [7, 11) is 0. The normalized spacial score (nSPS) is 21.9. The molecule has 2 atom stereocenters. The Morgan fingerprint density at radius 2 is 1.86 bits per heavy atom. The van der Waals surface area contributed by atoms with E-state index in [9.17, 15) is 9.59 Å². The molecule has 1 aromatic rings. The molecule has 5 heteroatoms. The number of para-hydroxylation sites is 1. The molecular weight excluding hydrogens is 268 g/mol. The van der Waals surface area contributed by atoms with Crippen LogP contribution in [0.1, 0.15) is 43.5 Å². The van der Waals surface area contributed by atoms with E-state index >= 15 is 0 Å². The molecule has 0 bridgehead atoms. The number of primary amides is 1. The molecule has 21 heavy (non-hydrogen) atoms. The molecule has 5 nitrogen and oxygen atoms in total. The van der Waals surface area contributed by atoms with Crippen LogP contribution in [-0.4, -0.2) is 35.4 Å². The van der Waals surface area contributed by atoms with E-state index in [2.05, 4.69) is 13.8 Å². The van der Waals surface area contributed by atoms with E-state index in [0.717, 1.165) is 19.3 Å². The van der Waals surface area contributed by atoms with Gasteiger partial charge in [0.25, 0.3) is 11.8 Å². The summed E-state index contributed by atoms with van der Waals surface area (Å²) in [5.74, 6) is -0.248. The smallest absolute Gasteiger partial charge is 0.260 e. The monoisotopic (exact) mass is 290 g/mol. The molecular formula is C16H22N2O3. The lowest BCUT2D eigenvalue weighted by molar-refractivity contribution is -0.139. The highest BCUT2D eigenvalue weighted by Gasteiger charge is 2.29. The van der Waals surface area contributed by atoms with E-state index in [1.807, 2.05) is 4.90 Å². The Hall–Kier alpha value is -2.04. The van der Waals surface area contributed by atoms with Crippen LogP contribution in [0.4, 0.5) is 0 Å². The second-order valence-corrected chi connectivity index (χ2v) is 5.58. The Morgan fingerprint density at radius 1 is 1.24 bits per heavy atom. The third-order valence-electron chi connectivity index (χ3n) is 3.99. The minimum atomic E-state index is -0.558. The van der Waals surface area contributed by atoms with Crippen LogP contribution in [0.3, 0.4) is 0 Å². The zero-order valence-electron chi connectivity index (χ0n) is 12.5. The van der Waals surface area contributed by atoms with Crippen molar-refractivity contribution >= 4 is 11.8 Å². The minimum absolute atomic E-state index is 0.0472. The first-order valence-corrected chi connectivity index (χ1v) is 7.33. The van der Waals surface area contributed by atoms with Gasteiger partial charge < -0.3 is 15.4 Å². The van der Waals surface area contributed by atoms with Crippen molar-refractivity contribution in [2.75, 3.05) is 6.61 Å². The number of hydrogen-bond acceptors (Lipinski definition) is 3. The fraction of sp³-hybridized carbons (Fsp3) is 0.500. The van der Waals surface area contributed by atoms with Gasteiger partial charge in [0.05, 0.1) is 5.56 Å². The number of carbonyl (C=O) groups is 2. The number of likely N-dealkylation sites (tertiary alicyclic amines) is 1. The van der Waals surface area contributed by atoms with Crippen molar-refractivity contribution in [1.29, 1.82) is 0 Å². The average Bonchev–Trinajstić information content (AvgIpc) is 2.45. The summed E-state index contributed by atoms with van der Waals surface area (Å²) < 4.78 is 5.52. The number of nitrogens with two attached hydrogens (primary N) is 1. The molecule has 1 aliphatic heterocycles. The first-order valence-electron chi connectivity index (χ1n) is 7.33. The van der Waals surface area contributed by atoms with Gasteiger partial charge in [-0.15, -0.1) is 0 Å². The Morgan fingerprint density at radius 3 is 2.48 bits per heavy atom. The van der Waals surface area contributed by atoms with Crippen LogP contribution in [0.5, 0.6) is 5.75 Å². The summed E-state index contributed by atoms with van der Waals surface area (Å²) >= 11 is 0. The van der Waals surface area contributed by atoms with Gasteiger partial charge in [-0.05, 0) is 45.2 Å². The second kappa shape index (κ2) is 6.61. The fourth-order valence-electron chi connectivity index (χ4n) is 2.92. The third kappa shape index (κ3) is 3.54. The molecule has 2 N–H and O–H groups in total. The Bertz CT molecular complexity index is 520. The van der Waals surface area contributed by atoms with Gasteiger partial charge in [0, 0.05) is 12.1 Å². The average molecular weight is 290 g/mol. The molecule has 1 heterocycles. The topological polar surface area (TPSA) is 72.6 Å². The maximum atomic E-state index is 12.4. The Labute approximate surface area is 125 Å². The first-order chi connectivity index (χ1) is 10.0. The first kappa shape index (κ1) is 15.4. The van der Waals surface area contributed by atoms with Crippen LogP contribution in [0, 0.1) is 0 Å². The van der Waals surface area contributed by atoms with E-state index in [-0.39, 0.29) is 24.6 Å². The highest BCUT2D eigenvalue weighted by Crippen LogP contribution is 2.23. The molecule has 1 fully saturated rings. The van der Waals surface area contributed by atoms with Gasteiger partial charge >= 0.3 is 0 Å². The van der Waals surface area contributed by atoms with E-state index in [1.54, 1.807) is 24.3 Å². The van der Waals surface area contributed by atoms with E-state index in [4.69, 9.17) is 10.5 Å². The lowest BCUT2D eigenvalue weighted by Crippen LogP contribution is -2.49. The number of benzene rings is 1. The predicted molar refractivity (Wildman–Crippen MR) is 80.1 cm³/mol. The largest absolute Gasteiger partial charge is 0.483 e. The van der Waals surface area contributed by atoms with Crippen molar-refractivity contribution in [2.24, 2.45) is 5.73 Å². The minimum Gasteiger partial charge on any atom is -0.483 e. The quantitative estimate of drug-likeness (QED) is 0.921. The SMILES string of the molecule is C[C@@H]1CCC[C@@H](C)N1C(=O)COc1ccccc1C(N)=O. The molecule has 0 aromatic heterocycles. The highest BCUT2D eigenvalue weighted by atomic mass is 16.5. The zero-order valence-corrected chi connectivity index (χ0v) is 12.5. The van der Waals surface area contributed by atoms with Crippen LogP contribution in [0.15, 0.2) is 24.3 Å². The maximum Gasteiger partial charge on any atom is 0.260 e. The summed E-state index contributed by atoms with van der Waals surface area (Å²) in [6.07, 6.45) is 3.19. The van der Waals surface area contributed by atoms with Crippen molar-refractivity contribution in [3.05, 3.63) is 29.8 Å². The number of amides is 2. The summed E-state index contributed by atoms with van der Waals surface area (Å²) in [4.78, 5) is 25.6. The summed E-state index contributed by atoms with van der Waals surface area (Å²) in [5.41, 5.74) is 5.59. The van der Waals surface area contributed by atoms with Gasteiger partial charge in [0.2, 0.25) is 0 Å². The molecule has 114 valence electrons. The van der Waals surface area contributed by atoms with Crippen LogP contribution < -0.4 is 10.5 Å². The lowest BCUT2D eigenvalue weighted by Gasteiger charge is -2.39. The molecule has 1 saturated heterocycles. The predicted octanol–water partition coefficient (Wildman–Crippen LogP) is 1.95. The van der Waals surface area contributed by atoms with E-state index in [1.165, 1.54) is 0 Å². The zero-order chi connectivity index (χ0) is 15.4. The van der Waals surface area contributed by atoms with Crippen LogP contribution >= 0.6 is 0 Å². The molecule has 1 aliphatic rings. The standard InChI is InChI=1S/C16H22N2O3/c1-11-6-5-7-12(2)18(11)15(19)10-21-14-9-4-3-8-13(14)16(17)20/h3-4,8-9,11-12H,5-7,10H2,1-2H3,(H2,17,20)/t11-,12-/m1/s1. The molecule has 0 saturated carbocycles. The van der Waals surface area contributed by atoms with Gasteiger partial charge in [-0.2, -0.15) is 0 Å². The summed E-state index contributed by atoms with van der Waals surface area (Å²) in [6.45, 7) is 4.05.